The normalized spacial score (nSPS) is 14.8. The molecule has 2 aromatic heterocycles. The van der Waals surface area contributed by atoms with Crippen LogP contribution in [0.2, 0.25) is 0 Å². The number of likely N-dealkylation sites (N-methyl/N-ethyl adjacent to an activating group) is 1. The standard InChI is InChI=1S/C22H24F3N7O/c1-31-8-10-32(11-9-31)17-6-7-19(26-13-17)29-21-27-14-18(33-2)20(30-21)28-16-5-3-4-15(12-16)22(23,24)25/h3-7,12-14H,8-11H2,1-2H3,(H2,26,27,28,29,30). The van der Waals surface area contributed by atoms with E-state index in [0.717, 1.165) is 44.0 Å². The van der Waals surface area contributed by atoms with E-state index in [4.69, 9.17) is 4.74 Å². The Morgan fingerprint density at radius 2 is 1.76 bits per heavy atom. The summed E-state index contributed by atoms with van der Waals surface area (Å²) in [6.07, 6.45) is -1.22. The highest BCUT2D eigenvalue weighted by Crippen LogP contribution is 2.33. The second-order valence-corrected chi connectivity index (χ2v) is 7.63. The Morgan fingerprint density at radius 1 is 0.970 bits per heavy atom. The lowest BCUT2D eigenvalue weighted by molar-refractivity contribution is -0.137. The second kappa shape index (κ2) is 9.49. The summed E-state index contributed by atoms with van der Waals surface area (Å²) in [6, 6.07) is 8.67. The first-order valence-corrected chi connectivity index (χ1v) is 10.3. The highest BCUT2D eigenvalue weighted by atomic mass is 19.4. The number of methoxy groups -OCH3 is 1. The topological polar surface area (TPSA) is 78.4 Å². The average molecular weight is 459 g/mol. The molecule has 4 rings (SSSR count). The fourth-order valence-electron chi connectivity index (χ4n) is 3.41. The first kappa shape index (κ1) is 22.6. The Hall–Kier alpha value is -3.60. The van der Waals surface area contributed by atoms with Gasteiger partial charge in [-0.25, -0.2) is 9.97 Å². The van der Waals surface area contributed by atoms with Gasteiger partial charge in [0.25, 0.3) is 0 Å². The van der Waals surface area contributed by atoms with Crippen molar-refractivity contribution in [1.29, 1.82) is 0 Å². The van der Waals surface area contributed by atoms with Gasteiger partial charge in [-0.2, -0.15) is 18.2 Å². The quantitative estimate of drug-likeness (QED) is 0.570. The number of ether oxygens (including phenoxy) is 1. The van der Waals surface area contributed by atoms with Crippen molar-refractivity contribution in [2.75, 3.05) is 55.9 Å². The molecule has 1 saturated heterocycles. The van der Waals surface area contributed by atoms with E-state index in [9.17, 15) is 13.2 Å². The van der Waals surface area contributed by atoms with Crippen molar-refractivity contribution < 1.29 is 17.9 Å². The van der Waals surface area contributed by atoms with Gasteiger partial charge in [0, 0.05) is 31.9 Å². The van der Waals surface area contributed by atoms with E-state index < -0.39 is 11.7 Å². The van der Waals surface area contributed by atoms with Gasteiger partial charge in [0.2, 0.25) is 5.95 Å². The molecule has 0 bridgehead atoms. The maximum Gasteiger partial charge on any atom is 0.416 e. The Bertz CT molecular complexity index is 1080. The van der Waals surface area contributed by atoms with Crippen LogP contribution in [0, 0.1) is 0 Å². The molecule has 0 atom stereocenters. The molecular formula is C22H24F3N7O. The van der Waals surface area contributed by atoms with Crippen molar-refractivity contribution in [3.63, 3.8) is 0 Å². The average Bonchev–Trinajstić information content (AvgIpc) is 2.80. The fraction of sp³-hybridized carbons (Fsp3) is 0.318. The minimum absolute atomic E-state index is 0.224. The molecule has 1 aliphatic heterocycles. The number of aromatic nitrogens is 3. The predicted octanol–water partition coefficient (Wildman–Crippen LogP) is 4.14. The van der Waals surface area contributed by atoms with Crippen molar-refractivity contribution in [3.8, 4) is 5.75 Å². The molecule has 0 aliphatic carbocycles. The lowest BCUT2D eigenvalue weighted by Crippen LogP contribution is -2.44. The SMILES string of the molecule is COc1cnc(Nc2ccc(N3CCN(C)CC3)cn2)nc1Nc1cccc(C(F)(F)F)c1. The Morgan fingerprint density at radius 3 is 2.42 bits per heavy atom. The van der Waals surface area contributed by atoms with Gasteiger partial charge in [-0.1, -0.05) is 6.07 Å². The van der Waals surface area contributed by atoms with Crippen molar-refractivity contribution in [3.05, 3.63) is 54.4 Å². The Kier molecular flexibility index (Phi) is 6.50. The summed E-state index contributed by atoms with van der Waals surface area (Å²) < 4.78 is 44.3. The zero-order chi connectivity index (χ0) is 23.4. The summed E-state index contributed by atoms with van der Waals surface area (Å²) in [4.78, 5) is 17.6. The predicted molar refractivity (Wildman–Crippen MR) is 121 cm³/mol. The molecule has 0 unspecified atom stereocenters. The number of halogens is 3. The van der Waals surface area contributed by atoms with Gasteiger partial charge in [0.15, 0.2) is 11.6 Å². The molecule has 174 valence electrons. The van der Waals surface area contributed by atoms with Gasteiger partial charge >= 0.3 is 6.18 Å². The summed E-state index contributed by atoms with van der Waals surface area (Å²) in [6.45, 7) is 3.89. The number of pyridine rings is 1. The van der Waals surface area contributed by atoms with E-state index in [-0.39, 0.29) is 23.2 Å². The summed E-state index contributed by atoms with van der Waals surface area (Å²) >= 11 is 0. The van der Waals surface area contributed by atoms with E-state index >= 15 is 0 Å². The number of hydrogen-bond acceptors (Lipinski definition) is 8. The molecule has 11 heteroatoms. The zero-order valence-corrected chi connectivity index (χ0v) is 18.2. The van der Waals surface area contributed by atoms with Crippen LogP contribution >= 0.6 is 0 Å². The van der Waals surface area contributed by atoms with Gasteiger partial charge in [0.05, 0.1) is 30.8 Å². The van der Waals surface area contributed by atoms with Gasteiger partial charge in [-0.15, -0.1) is 0 Å². The molecule has 3 heterocycles. The first-order valence-electron chi connectivity index (χ1n) is 10.3. The molecule has 0 radical (unpaired) electrons. The van der Waals surface area contributed by atoms with Crippen molar-refractivity contribution in [2.24, 2.45) is 0 Å². The van der Waals surface area contributed by atoms with Crippen LogP contribution in [0.3, 0.4) is 0 Å². The van der Waals surface area contributed by atoms with E-state index in [1.165, 1.54) is 25.4 Å². The van der Waals surface area contributed by atoms with Crippen LogP contribution in [0.1, 0.15) is 5.56 Å². The number of hydrogen-bond donors (Lipinski definition) is 2. The van der Waals surface area contributed by atoms with Crippen LogP contribution in [-0.2, 0) is 6.18 Å². The van der Waals surface area contributed by atoms with Crippen LogP contribution < -0.4 is 20.3 Å². The number of nitrogens with one attached hydrogen (secondary N) is 2. The summed E-state index contributed by atoms with van der Waals surface area (Å²) in [7, 11) is 3.54. The van der Waals surface area contributed by atoms with E-state index in [1.54, 1.807) is 6.20 Å². The van der Waals surface area contributed by atoms with Crippen LogP contribution in [0.4, 0.5) is 42.1 Å². The Balaban J connectivity index is 1.49. The zero-order valence-electron chi connectivity index (χ0n) is 18.2. The third-order valence-corrected chi connectivity index (χ3v) is 5.28. The molecule has 8 nitrogen and oxygen atoms in total. The second-order valence-electron chi connectivity index (χ2n) is 7.63. The molecule has 0 amide bonds. The molecular weight excluding hydrogens is 435 g/mol. The van der Waals surface area contributed by atoms with Crippen LogP contribution in [0.25, 0.3) is 0 Å². The third-order valence-electron chi connectivity index (χ3n) is 5.28. The number of nitrogens with zero attached hydrogens (tertiary/aromatic N) is 5. The summed E-state index contributed by atoms with van der Waals surface area (Å²) in [5.41, 5.74) is 0.502. The molecule has 33 heavy (non-hydrogen) atoms. The summed E-state index contributed by atoms with van der Waals surface area (Å²) in [5, 5.41) is 5.89. The van der Waals surface area contributed by atoms with Crippen molar-refractivity contribution >= 4 is 29.0 Å². The molecule has 2 N–H and O–H groups in total. The molecule has 3 aromatic rings. The lowest BCUT2D eigenvalue weighted by atomic mass is 10.2. The fourth-order valence-corrected chi connectivity index (χ4v) is 3.41. The third kappa shape index (κ3) is 5.61. The van der Waals surface area contributed by atoms with Crippen LogP contribution in [0.5, 0.6) is 5.75 Å². The van der Waals surface area contributed by atoms with Crippen LogP contribution in [0.15, 0.2) is 48.8 Å². The lowest BCUT2D eigenvalue weighted by Gasteiger charge is -2.33. The van der Waals surface area contributed by atoms with E-state index in [2.05, 4.69) is 42.4 Å². The van der Waals surface area contributed by atoms with E-state index in [1.807, 2.05) is 12.1 Å². The first-order chi connectivity index (χ1) is 15.8. The minimum atomic E-state index is -4.44. The molecule has 1 aromatic carbocycles. The summed E-state index contributed by atoms with van der Waals surface area (Å²) in [5.74, 6) is 1.29. The maximum absolute atomic E-state index is 13.0. The molecule has 1 fully saturated rings. The van der Waals surface area contributed by atoms with Gasteiger partial charge in [0.1, 0.15) is 5.82 Å². The van der Waals surface area contributed by atoms with Gasteiger partial charge in [-0.3, -0.25) is 0 Å². The number of benzene rings is 1. The number of rotatable bonds is 6. The molecule has 0 spiro atoms. The maximum atomic E-state index is 13.0. The van der Waals surface area contributed by atoms with Gasteiger partial charge < -0.3 is 25.2 Å². The monoisotopic (exact) mass is 459 g/mol. The van der Waals surface area contributed by atoms with Gasteiger partial charge in [-0.05, 0) is 37.4 Å². The van der Waals surface area contributed by atoms with Crippen LogP contribution in [-0.4, -0.2) is 60.2 Å². The highest BCUT2D eigenvalue weighted by molar-refractivity contribution is 5.65. The van der Waals surface area contributed by atoms with E-state index in [0.29, 0.717) is 5.82 Å². The van der Waals surface area contributed by atoms with Crippen molar-refractivity contribution in [2.45, 2.75) is 6.18 Å². The molecule has 0 saturated carbocycles. The smallest absolute Gasteiger partial charge is 0.416 e. The largest absolute Gasteiger partial charge is 0.491 e. The molecule has 1 aliphatic rings. The number of piperazine rings is 1. The number of anilines is 5. The van der Waals surface area contributed by atoms with Crippen molar-refractivity contribution in [1.82, 2.24) is 19.9 Å². The number of alkyl halides is 3. The minimum Gasteiger partial charge on any atom is -0.491 e. The highest BCUT2D eigenvalue weighted by Gasteiger charge is 2.30. The Labute approximate surface area is 189 Å².